The minimum absolute atomic E-state index is 0.323. The number of carbonyl (C=O) groups excluding carboxylic acids is 1. The molecule has 1 heterocycles. The van der Waals surface area contributed by atoms with Crippen LogP contribution in [0.25, 0.3) is 11.0 Å². The zero-order valence-corrected chi connectivity index (χ0v) is 14.5. The molecule has 0 aliphatic rings. The van der Waals surface area contributed by atoms with Gasteiger partial charge in [-0.25, -0.2) is 4.68 Å². The van der Waals surface area contributed by atoms with Crippen LogP contribution in [0.4, 0.5) is 0 Å². The highest BCUT2D eigenvalue weighted by Crippen LogP contribution is 2.21. The molecule has 2 rings (SSSR count). The van der Waals surface area contributed by atoms with Crippen molar-refractivity contribution in [1.82, 2.24) is 15.0 Å². The van der Waals surface area contributed by atoms with E-state index in [0.717, 1.165) is 22.3 Å². The molecule has 0 unspecified atom stereocenters. The van der Waals surface area contributed by atoms with Crippen LogP contribution in [0.5, 0.6) is 0 Å². The molecule has 1 aromatic heterocycles. The highest BCUT2D eigenvalue weighted by Gasteiger charge is 2.13. The Hall–Kier alpha value is -1.05. The van der Waals surface area contributed by atoms with Gasteiger partial charge >= 0.3 is 0 Å². The van der Waals surface area contributed by atoms with Gasteiger partial charge in [0.2, 0.25) is 0 Å². The van der Waals surface area contributed by atoms with Crippen molar-refractivity contribution in [1.29, 1.82) is 0 Å². The Balaban J connectivity index is 2.13. The minimum atomic E-state index is -1.09. The molecule has 0 N–H and O–H groups in total. The van der Waals surface area contributed by atoms with Crippen LogP contribution in [-0.4, -0.2) is 36.0 Å². The predicted molar refractivity (Wildman–Crippen MR) is 84.7 cm³/mol. The van der Waals surface area contributed by atoms with Crippen molar-refractivity contribution in [3.63, 3.8) is 0 Å². The van der Waals surface area contributed by atoms with Gasteiger partial charge in [-0.05, 0) is 18.2 Å². The van der Waals surface area contributed by atoms with E-state index in [2.05, 4.69) is 45.9 Å². The number of carbonyl (C=O) groups is 1. The maximum atomic E-state index is 11.2. The van der Waals surface area contributed by atoms with Crippen LogP contribution in [0.2, 0.25) is 25.7 Å². The van der Waals surface area contributed by atoms with E-state index in [9.17, 15) is 4.79 Å². The molecule has 7 heteroatoms. The summed E-state index contributed by atoms with van der Waals surface area (Å²) in [5.41, 5.74) is 1.97. The molecule has 0 aliphatic heterocycles. The highest BCUT2D eigenvalue weighted by atomic mass is 79.9. The molecule has 0 saturated carbocycles. The number of aldehydes is 1. The molecule has 0 saturated heterocycles. The molecule has 0 bridgehead atoms. The Morgan fingerprint density at radius 3 is 2.80 bits per heavy atom. The highest BCUT2D eigenvalue weighted by molar-refractivity contribution is 9.10. The molecule has 0 spiro atoms. The molecular weight excluding hydrogens is 338 g/mol. The standard InChI is InChI=1S/C13H18BrN3O2Si/c1-20(2,3)5-4-19-9-17-13-10(8-18)6-11(14)7-12(13)15-16-17/h6-8H,4-5,9H2,1-3H3. The normalized spacial score (nSPS) is 12.0. The van der Waals surface area contributed by atoms with Crippen molar-refractivity contribution in [3.8, 4) is 0 Å². The van der Waals surface area contributed by atoms with E-state index < -0.39 is 8.07 Å². The third-order valence-corrected chi connectivity index (χ3v) is 5.10. The Morgan fingerprint density at radius 2 is 2.15 bits per heavy atom. The average molecular weight is 356 g/mol. The van der Waals surface area contributed by atoms with Gasteiger partial charge in [0.15, 0.2) is 6.29 Å². The van der Waals surface area contributed by atoms with Crippen molar-refractivity contribution in [2.24, 2.45) is 0 Å². The second-order valence-corrected chi connectivity index (χ2v) is 12.5. The average Bonchev–Trinajstić information content (AvgIpc) is 2.75. The first kappa shape index (κ1) is 15.3. The van der Waals surface area contributed by atoms with E-state index >= 15 is 0 Å². The Bertz CT molecular complexity index is 622. The van der Waals surface area contributed by atoms with E-state index in [1.54, 1.807) is 10.7 Å². The Labute approximate surface area is 127 Å². The third-order valence-electron chi connectivity index (χ3n) is 2.94. The van der Waals surface area contributed by atoms with Gasteiger partial charge in [-0.15, -0.1) is 5.10 Å². The zero-order valence-electron chi connectivity index (χ0n) is 11.9. The summed E-state index contributed by atoms with van der Waals surface area (Å²) < 4.78 is 8.11. The SMILES string of the molecule is C[Si](C)(C)CCOCn1nnc2cc(Br)cc(C=O)c21. The molecule has 0 aliphatic carbocycles. The Kier molecular flexibility index (Phi) is 4.72. The smallest absolute Gasteiger partial charge is 0.152 e. The van der Waals surface area contributed by atoms with E-state index in [4.69, 9.17) is 4.74 Å². The first-order valence-electron chi connectivity index (χ1n) is 6.46. The maximum absolute atomic E-state index is 11.2. The lowest BCUT2D eigenvalue weighted by Crippen LogP contribution is -2.22. The van der Waals surface area contributed by atoms with E-state index in [0.29, 0.717) is 24.4 Å². The molecule has 5 nitrogen and oxygen atoms in total. The summed E-state index contributed by atoms with van der Waals surface area (Å²) in [7, 11) is -1.09. The van der Waals surface area contributed by atoms with E-state index in [1.165, 1.54) is 0 Å². The minimum Gasteiger partial charge on any atom is -0.359 e. The number of fused-ring (bicyclic) bond motifs is 1. The van der Waals surface area contributed by atoms with Gasteiger partial charge in [-0.1, -0.05) is 40.8 Å². The summed E-state index contributed by atoms with van der Waals surface area (Å²) in [6.07, 6.45) is 0.815. The molecule has 20 heavy (non-hydrogen) atoms. The molecule has 108 valence electrons. The predicted octanol–water partition coefficient (Wildman–Crippen LogP) is 3.32. The van der Waals surface area contributed by atoms with Crippen molar-refractivity contribution < 1.29 is 9.53 Å². The van der Waals surface area contributed by atoms with Crippen LogP contribution in [0.15, 0.2) is 16.6 Å². The van der Waals surface area contributed by atoms with E-state index in [-0.39, 0.29) is 0 Å². The van der Waals surface area contributed by atoms with E-state index in [1.807, 2.05) is 6.07 Å². The summed E-state index contributed by atoms with van der Waals surface area (Å²) in [4.78, 5) is 11.2. The van der Waals surface area contributed by atoms with Gasteiger partial charge in [0.05, 0.1) is 0 Å². The number of ether oxygens (including phenoxy) is 1. The number of hydrogen-bond acceptors (Lipinski definition) is 4. The second-order valence-electron chi connectivity index (χ2n) is 5.92. The van der Waals surface area contributed by atoms with Crippen molar-refractivity contribution >= 4 is 41.3 Å². The van der Waals surface area contributed by atoms with Crippen LogP contribution >= 0.6 is 15.9 Å². The molecule has 0 amide bonds. The largest absolute Gasteiger partial charge is 0.359 e. The molecular formula is C13H18BrN3O2Si. The lowest BCUT2D eigenvalue weighted by Gasteiger charge is -2.15. The van der Waals surface area contributed by atoms with Gasteiger partial charge in [-0.3, -0.25) is 4.79 Å². The molecule has 0 atom stereocenters. The zero-order chi connectivity index (χ0) is 14.8. The summed E-state index contributed by atoms with van der Waals surface area (Å²) in [5, 5.41) is 8.12. The van der Waals surface area contributed by atoms with Crippen LogP contribution in [0.1, 0.15) is 10.4 Å². The lowest BCUT2D eigenvalue weighted by atomic mass is 10.2. The second kappa shape index (κ2) is 6.15. The van der Waals surface area contributed by atoms with Gasteiger partial charge in [-0.2, -0.15) is 0 Å². The number of nitrogens with zero attached hydrogens (tertiary/aromatic N) is 3. The van der Waals surface area contributed by atoms with Crippen LogP contribution in [0.3, 0.4) is 0 Å². The molecule has 2 aromatic rings. The first-order chi connectivity index (χ1) is 9.40. The quantitative estimate of drug-likeness (QED) is 0.453. The first-order valence-corrected chi connectivity index (χ1v) is 11.0. The number of benzene rings is 1. The summed E-state index contributed by atoms with van der Waals surface area (Å²) in [6.45, 7) is 7.96. The van der Waals surface area contributed by atoms with Gasteiger partial charge in [0.1, 0.15) is 17.8 Å². The monoisotopic (exact) mass is 355 g/mol. The fraction of sp³-hybridized carbons (Fsp3) is 0.462. The van der Waals surface area contributed by atoms with Crippen molar-refractivity contribution in [2.75, 3.05) is 6.61 Å². The number of rotatable bonds is 6. The van der Waals surface area contributed by atoms with Gasteiger partial charge < -0.3 is 4.74 Å². The molecule has 0 radical (unpaired) electrons. The van der Waals surface area contributed by atoms with Gasteiger partial charge in [0.25, 0.3) is 0 Å². The van der Waals surface area contributed by atoms with Crippen molar-refractivity contribution in [3.05, 3.63) is 22.2 Å². The summed E-state index contributed by atoms with van der Waals surface area (Å²) in [6, 6.07) is 4.71. The van der Waals surface area contributed by atoms with Crippen molar-refractivity contribution in [2.45, 2.75) is 32.4 Å². The molecule has 1 aromatic carbocycles. The third kappa shape index (κ3) is 3.74. The summed E-state index contributed by atoms with van der Waals surface area (Å²) in [5.74, 6) is 0. The Morgan fingerprint density at radius 1 is 1.40 bits per heavy atom. The van der Waals surface area contributed by atoms with Crippen LogP contribution < -0.4 is 0 Å². The number of hydrogen-bond donors (Lipinski definition) is 0. The fourth-order valence-electron chi connectivity index (χ4n) is 1.82. The summed E-state index contributed by atoms with van der Waals surface area (Å²) >= 11 is 3.36. The van der Waals surface area contributed by atoms with Gasteiger partial charge in [0, 0.05) is 24.7 Å². The molecule has 0 fully saturated rings. The van der Waals surface area contributed by atoms with Crippen LogP contribution in [-0.2, 0) is 11.5 Å². The number of aromatic nitrogens is 3. The number of halogens is 1. The topological polar surface area (TPSA) is 57.0 Å². The fourth-order valence-corrected chi connectivity index (χ4v) is 3.04. The maximum Gasteiger partial charge on any atom is 0.152 e. The van der Waals surface area contributed by atoms with Crippen LogP contribution in [0, 0.1) is 0 Å². The lowest BCUT2D eigenvalue weighted by molar-refractivity contribution is 0.0801.